The summed E-state index contributed by atoms with van der Waals surface area (Å²) >= 11 is 2.15. The molecular formula is C65H69BrF6INO6S2. The van der Waals surface area contributed by atoms with Crippen LogP contribution in [0.25, 0.3) is 0 Å². The van der Waals surface area contributed by atoms with E-state index in [0.29, 0.717) is 49.1 Å². The fraction of sp³-hybridized carbons (Fsp3) is 0.385. The van der Waals surface area contributed by atoms with Gasteiger partial charge in [0.2, 0.25) is 0 Å². The Morgan fingerprint density at radius 2 is 0.598 bits per heavy atom. The third-order valence-electron chi connectivity index (χ3n) is 16.7. The molecule has 0 radical (unpaired) electrons. The van der Waals surface area contributed by atoms with Crippen molar-refractivity contribution in [3.63, 3.8) is 0 Å². The number of benzene rings is 6. The van der Waals surface area contributed by atoms with Gasteiger partial charge in [-0.05, 0) is 247 Å². The zero-order chi connectivity index (χ0) is 58.6. The number of ketones is 2. The number of Topliss-reactive ketones (excluding diaryl/α,β-unsaturated/α-hetero) is 2. The summed E-state index contributed by atoms with van der Waals surface area (Å²) in [5.74, 6) is -1.93. The molecule has 82 heavy (non-hydrogen) atoms. The number of halogens is 8. The highest BCUT2D eigenvalue weighted by atomic mass is 127. The lowest BCUT2D eigenvalue weighted by atomic mass is 9.49. The van der Waals surface area contributed by atoms with Gasteiger partial charge < -0.3 is 41.7 Å². The molecule has 8 bridgehead atoms. The number of rotatable bonds is 11. The van der Waals surface area contributed by atoms with Crippen molar-refractivity contribution in [2.75, 3.05) is 24.6 Å². The van der Waals surface area contributed by atoms with E-state index in [4.69, 9.17) is 0 Å². The molecule has 8 fully saturated rings. The third-order valence-corrected chi connectivity index (χ3v) is 21.1. The number of hydrogen-bond donors (Lipinski definition) is 1. The molecule has 0 aromatic heterocycles. The van der Waals surface area contributed by atoms with Gasteiger partial charge in [-0.3, -0.25) is 9.59 Å². The van der Waals surface area contributed by atoms with E-state index in [-0.39, 0.29) is 75.6 Å². The number of aliphatic carboxylic acids is 2. The van der Waals surface area contributed by atoms with Gasteiger partial charge in [-0.1, -0.05) is 22.6 Å². The third kappa shape index (κ3) is 16.3. The maximum Gasteiger partial charge on any atom is 0.166 e. The molecular weight excluding hydrogens is 1280 g/mol. The summed E-state index contributed by atoms with van der Waals surface area (Å²) in [6, 6.07) is 37.1. The molecule has 14 rings (SSSR count). The molecule has 1 N–H and O–H groups in total. The van der Waals surface area contributed by atoms with Crippen LogP contribution in [-0.4, -0.2) is 48.1 Å². The second-order valence-electron chi connectivity index (χ2n) is 21.8. The SMILES string of the molecule is CC[NH+](CC)CC.CI.Fc1ccc([S+](c2ccc(F)cc2)c2ccc(F)cc2)cc1.Fc1ccc([S+](c2ccc(F)cc2)c2ccc(F)cc2)cc1.O=C1C2CC3CC1CC(C(=O)[O-])(C3)C2.O=C1C2CC3CC1CC(C(=O)[O-])(C3)C2.[Br-]. The second kappa shape index (κ2) is 30.2. The van der Waals surface area contributed by atoms with E-state index >= 15 is 0 Å². The Balaban J connectivity index is 0.000000169. The number of quaternary nitrogens is 1. The van der Waals surface area contributed by atoms with Gasteiger partial charge in [0.1, 0.15) is 46.5 Å². The van der Waals surface area contributed by atoms with Crippen LogP contribution in [0.4, 0.5) is 26.3 Å². The van der Waals surface area contributed by atoms with Gasteiger partial charge >= 0.3 is 0 Å². The number of carboxylic acid groups (broad SMARTS) is 2. The summed E-state index contributed by atoms with van der Waals surface area (Å²) < 4.78 is 79.0. The molecule has 0 aliphatic heterocycles. The van der Waals surface area contributed by atoms with Crippen LogP contribution < -0.4 is 32.1 Å². The van der Waals surface area contributed by atoms with Gasteiger partial charge in [-0.2, -0.15) is 0 Å². The maximum absolute atomic E-state index is 13.2. The Labute approximate surface area is 507 Å². The molecule has 0 amide bonds. The molecule has 8 aliphatic carbocycles. The zero-order valence-electron chi connectivity index (χ0n) is 46.3. The molecule has 6 aromatic rings. The Bertz CT molecular complexity index is 2590. The van der Waals surface area contributed by atoms with Crippen LogP contribution in [0.2, 0.25) is 0 Å². The zero-order valence-corrected chi connectivity index (χ0v) is 51.7. The fourth-order valence-corrected chi connectivity index (χ4v) is 17.1. The van der Waals surface area contributed by atoms with Crippen molar-refractivity contribution >= 4 is 67.9 Å². The van der Waals surface area contributed by atoms with E-state index in [0.717, 1.165) is 67.9 Å². The molecule has 4 unspecified atom stereocenters. The first-order valence-corrected chi connectivity index (χ1v) is 32.2. The topological polar surface area (TPSA) is 119 Å². The molecule has 8 aliphatic rings. The number of nitrogens with one attached hydrogen (secondary N) is 1. The lowest BCUT2D eigenvalue weighted by Gasteiger charge is -2.56. The van der Waals surface area contributed by atoms with Crippen molar-refractivity contribution in [1.29, 1.82) is 0 Å². The standard InChI is InChI=1S/2C18H12F3S.2C11H14O3.C6H15N.CH3I.BrH/c2*19-13-1-7-16(8-2-13)22(17-9-3-14(20)4-10-17)18-11-5-15(21)6-12-18;2*12-9-7-1-6-2-8(9)5-11(3-6,4-7)10(13)14;1-4-7(5-2)6-3;1-2;/h2*1-12H;2*6-8H,1-5H2,(H,13,14);4-6H2,1-3H3;1H3;1H/q2*+1;;;;;/p-2. The van der Waals surface area contributed by atoms with Crippen molar-refractivity contribution in [3.8, 4) is 0 Å². The van der Waals surface area contributed by atoms with E-state index < -0.39 is 44.6 Å². The van der Waals surface area contributed by atoms with Gasteiger partial charge in [0, 0.05) is 46.4 Å². The molecule has 6 aromatic carbocycles. The largest absolute Gasteiger partial charge is 1.00 e. The lowest BCUT2D eigenvalue weighted by molar-refractivity contribution is -0.894. The van der Waals surface area contributed by atoms with Crippen LogP contribution in [0, 0.1) is 81.2 Å². The van der Waals surface area contributed by atoms with Crippen LogP contribution in [0.1, 0.15) is 85.0 Å². The number of hydrogen-bond acceptors (Lipinski definition) is 6. The van der Waals surface area contributed by atoms with E-state index in [2.05, 4.69) is 43.4 Å². The summed E-state index contributed by atoms with van der Waals surface area (Å²) in [6.07, 6.45) is 7.49. The molecule has 0 saturated heterocycles. The van der Waals surface area contributed by atoms with Crippen molar-refractivity contribution in [2.24, 2.45) is 46.3 Å². The van der Waals surface area contributed by atoms with Crippen molar-refractivity contribution in [1.82, 2.24) is 0 Å². The average molecular weight is 1350 g/mol. The lowest BCUT2D eigenvalue weighted by Crippen LogP contribution is -3.11. The molecule has 438 valence electrons. The number of carbonyl (C=O) groups excluding carboxylic acids is 4. The Hall–Kier alpha value is -4.95. The number of carboxylic acids is 2. The van der Waals surface area contributed by atoms with Crippen LogP contribution in [0.3, 0.4) is 0 Å². The van der Waals surface area contributed by atoms with Crippen molar-refractivity contribution < 1.29 is 77.6 Å². The fourth-order valence-electron chi connectivity index (χ4n) is 13.0. The molecule has 7 nitrogen and oxygen atoms in total. The quantitative estimate of drug-likeness (QED) is 0.0601. The first-order chi connectivity index (χ1) is 38.8. The van der Waals surface area contributed by atoms with Crippen molar-refractivity contribution in [2.45, 2.75) is 114 Å². The molecule has 0 spiro atoms. The van der Waals surface area contributed by atoms with E-state index in [1.165, 1.54) is 92.4 Å². The van der Waals surface area contributed by atoms with Gasteiger partial charge in [0.25, 0.3) is 0 Å². The summed E-state index contributed by atoms with van der Waals surface area (Å²) in [6.45, 7) is 10.5. The summed E-state index contributed by atoms with van der Waals surface area (Å²) in [7, 11) is -1.08. The second-order valence-corrected chi connectivity index (χ2v) is 25.8. The number of carbonyl (C=O) groups is 4. The average Bonchev–Trinajstić information content (AvgIpc) is 3.52. The monoisotopic (exact) mass is 1340 g/mol. The van der Waals surface area contributed by atoms with E-state index in [1.807, 2.05) is 4.93 Å². The molecule has 4 atom stereocenters. The highest BCUT2D eigenvalue weighted by Gasteiger charge is 2.57. The first kappa shape index (κ1) is 66.2. The van der Waals surface area contributed by atoms with Crippen LogP contribution in [-0.2, 0) is 41.0 Å². The summed E-state index contributed by atoms with van der Waals surface area (Å²) in [5.41, 5.74) is -1.27. The van der Waals surface area contributed by atoms with Gasteiger partial charge in [-0.15, -0.1) is 0 Å². The Morgan fingerprint density at radius 1 is 0.415 bits per heavy atom. The van der Waals surface area contributed by atoms with Gasteiger partial charge in [0.05, 0.1) is 41.4 Å². The van der Waals surface area contributed by atoms with Gasteiger partial charge in [0.15, 0.2) is 29.4 Å². The van der Waals surface area contributed by atoms with E-state index in [1.54, 1.807) is 77.7 Å². The predicted molar refractivity (Wildman–Crippen MR) is 307 cm³/mol. The Kier molecular flexibility index (Phi) is 24.4. The van der Waals surface area contributed by atoms with Crippen LogP contribution in [0.5, 0.6) is 0 Å². The van der Waals surface area contributed by atoms with E-state index in [9.17, 15) is 55.7 Å². The number of alkyl halides is 1. The summed E-state index contributed by atoms with van der Waals surface area (Å²) in [4.78, 5) is 54.7. The Morgan fingerprint density at radius 3 is 0.744 bits per heavy atom. The summed E-state index contributed by atoms with van der Waals surface area (Å²) in [5, 5.41) is 22.3. The smallest absolute Gasteiger partial charge is 0.166 e. The normalized spacial score (nSPS) is 23.8. The van der Waals surface area contributed by atoms with Crippen LogP contribution >= 0.6 is 22.6 Å². The van der Waals surface area contributed by atoms with Crippen LogP contribution in [0.15, 0.2) is 175 Å². The predicted octanol–water partition coefficient (Wildman–Crippen LogP) is 8.65. The minimum absolute atomic E-state index is 0. The first-order valence-electron chi connectivity index (χ1n) is 27.6. The minimum Gasteiger partial charge on any atom is -1.00 e. The maximum atomic E-state index is 13.2. The molecule has 17 heteroatoms. The molecule has 8 saturated carbocycles. The van der Waals surface area contributed by atoms with Crippen molar-refractivity contribution in [3.05, 3.63) is 180 Å². The highest BCUT2D eigenvalue weighted by molar-refractivity contribution is 14.1. The van der Waals surface area contributed by atoms with Gasteiger partial charge in [-0.25, -0.2) is 26.3 Å². The minimum atomic E-state index is -0.913. The highest BCUT2D eigenvalue weighted by Crippen LogP contribution is 2.59. The molecule has 0 heterocycles.